The Labute approximate surface area is 244 Å². The summed E-state index contributed by atoms with van der Waals surface area (Å²) in [5, 5.41) is 14.3. The Bertz CT molecular complexity index is 1460. The molecule has 2 N–H and O–H groups in total. The van der Waals surface area contributed by atoms with Gasteiger partial charge in [0.1, 0.15) is 28.3 Å². The summed E-state index contributed by atoms with van der Waals surface area (Å²) in [6, 6.07) is 7.43. The van der Waals surface area contributed by atoms with E-state index in [0.717, 1.165) is 6.42 Å². The fraction of sp³-hybridized carbons (Fsp3) is 0.484. The number of amides is 1. The second-order valence-electron chi connectivity index (χ2n) is 10.3. The first-order chi connectivity index (χ1) is 20.3. The highest BCUT2D eigenvalue weighted by molar-refractivity contribution is 6.04. The zero-order valence-corrected chi connectivity index (χ0v) is 24.5. The van der Waals surface area contributed by atoms with Crippen LogP contribution in [0.5, 0.6) is 5.75 Å². The van der Waals surface area contributed by atoms with E-state index >= 15 is 0 Å². The number of hydrogen-bond donors (Lipinski definition) is 2. The van der Waals surface area contributed by atoms with Crippen molar-refractivity contribution in [1.82, 2.24) is 19.8 Å². The number of halogens is 1. The van der Waals surface area contributed by atoms with Crippen molar-refractivity contribution >= 4 is 22.9 Å². The molecule has 2 fully saturated rings. The molecule has 42 heavy (non-hydrogen) atoms. The minimum Gasteiger partial charge on any atom is -0.506 e. The SMILES string of the molecule is CC.COC(=O)C1(NC(=O)c2c(O)c3cc(-c4ccc(F)cc4)cnc3n(CCN3CCOCC3)c2=O)CCCCC1. The van der Waals surface area contributed by atoms with Crippen LogP contribution in [0.25, 0.3) is 22.2 Å². The van der Waals surface area contributed by atoms with Crippen LogP contribution in [-0.2, 0) is 20.8 Å². The topological polar surface area (TPSA) is 123 Å². The van der Waals surface area contributed by atoms with E-state index in [2.05, 4.69) is 15.2 Å². The number of pyridine rings is 2. The van der Waals surface area contributed by atoms with Crippen molar-refractivity contribution in [3.8, 4) is 16.9 Å². The fourth-order valence-electron chi connectivity index (χ4n) is 5.60. The number of fused-ring (bicyclic) bond motifs is 1. The third-order valence-corrected chi connectivity index (χ3v) is 7.86. The van der Waals surface area contributed by atoms with Crippen molar-refractivity contribution in [2.75, 3.05) is 40.0 Å². The summed E-state index contributed by atoms with van der Waals surface area (Å²) < 4.78 is 25.3. The van der Waals surface area contributed by atoms with Gasteiger partial charge in [0.2, 0.25) is 0 Å². The first kappa shape index (κ1) is 31.1. The molecule has 2 aliphatic rings. The van der Waals surface area contributed by atoms with Gasteiger partial charge in [-0.05, 0) is 36.6 Å². The lowest BCUT2D eigenvalue weighted by molar-refractivity contribution is -0.149. The molecule has 1 aliphatic carbocycles. The molecule has 3 aromatic rings. The van der Waals surface area contributed by atoms with E-state index in [1.54, 1.807) is 24.4 Å². The maximum absolute atomic E-state index is 13.8. The van der Waals surface area contributed by atoms with E-state index in [9.17, 15) is 23.9 Å². The summed E-state index contributed by atoms with van der Waals surface area (Å²) >= 11 is 0. The van der Waals surface area contributed by atoms with Crippen LogP contribution in [-0.4, -0.2) is 76.9 Å². The lowest BCUT2D eigenvalue weighted by Crippen LogP contribution is -2.56. The first-order valence-corrected chi connectivity index (χ1v) is 14.6. The number of carbonyl (C=O) groups excluding carboxylic acids is 2. The number of ether oxygens (including phenoxy) is 2. The van der Waals surface area contributed by atoms with E-state index in [4.69, 9.17) is 9.47 Å². The third kappa shape index (κ3) is 6.47. The second kappa shape index (κ2) is 13.9. The summed E-state index contributed by atoms with van der Waals surface area (Å²) in [5.41, 5.74) is -0.983. The Morgan fingerprint density at radius 3 is 2.38 bits per heavy atom. The van der Waals surface area contributed by atoms with Gasteiger partial charge in [0, 0.05) is 37.9 Å². The standard InChI is InChI=1S/C29H33FN4O6.C2H6/c1-39-28(38)29(9-3-2-4-10-29)32-26(36)23-24(35)22-17-20(19-5-7-21(30)8-6-19)18-31-25(22)34(27(23)37)12-11-33-13-15-40-16-14-33;1-2/h5-8,17-18,35H,2-4,9-16H2,1H3,(H,32,36);1-2H3. The van der Waals surface area contributed by atoms with E-state index in [1.807, 2.05) is 13.8 Å². The number of nitrogens with one attached hydrogen (secondary N) is 1. The quantitative estimate of drug-likeness (QED) is 0.403. The summed E-state index contributed by atoms with van der Waals surface area (Å²) in [7, 11) is 1.26. The molecule has 226 valence electrons. The summed E-state index contributed by atoms with van der Waals surface area (Å²) in [6.45, 7) is 7.34. The molecular formula is C31H39FN4O6. The molecule has 5 rings (SSSR count). The highest BCUT2D eigenvalue weighted by Crippen LogP contribution is 2.33. The van der Waals surface area contributed by atoms with Crippen molar-refractivity contribution in [2.45, 2.75) is 58.0 Å². The predicted molar refractivity (Wildman–Crippen MR) is 157 cm³/mol. The zero-order chi connectivity index (χ0) is 30.3. The van der Waals surface area contributed by atoms with Crippen LogP contribution < -0.4 is 10.9 Å². The number of carbonyl (C=O) groups is 2. The molecule has 0 unspecified atom stereocenters. The lowest BCUT2D eigenvalue weighted by atomic mass is 9.81. The number of hydrogen-bond acceptors (Lipinski definition) is 8. The number of rotatable bonds is 7. The first-order valence-electron chi connectivity index (χ1n) is 14.6. The Kier molecular flexibility index (Phi) is 10.3. The number of aromatic hydroxyl groups is 1. The molecule has 3 heterocycles. The molecular weight excluding hydrogens is 543 g/mol. The second-order valence-corrected chi connectivity index (χ2v) is 10.3. The number of morpholine rings is 1. The van der Waals surface area contributed by atoms with Crippen molar-refractivity contribution in [1.29, 1.82) is 0 Å². The van der Waals surface area contributed by atoms with Gasteiger partial charge < -0.3 is 19.9 Å². The van der Waals surface area contributed by atoms with Gasteiger partial charge in [0.25, 0.3) is 11.5 Å². The Morgan fingerprint density at radius 2 is 1.74 bits per heavy atom. The van der Waals surface area contributed by atoms with Gasteiger partial charge in [-0.3, -0.25) is 19.1 Å². The van der Waals surface area contributed by atoms with Crippen LogP contribution in [0.4, 0.5) is 4.39 Å². The molecule has 0 bridgehead atoms. The number of benzene rings is 1. The van der Waals surface area contributed by atoms with Gasteiger partial charge in [-0.2, -0.15) is 0 Å². The van der Waals surface area contributed by atoms with Gasteiger partial charge in [0.05, 0.1) is 25.7 Å². The van der Waals surface area contributed by atoms with E-state index in [1.165, 1.54) is 23.8 Å². The molecule has 2 aromatic heterocycles. The van der Waals surface area contributed by atoms with Crippen LogP contribution in [0.15, 0.2) is 41.3 Å². The fourth-order valence-corrected chi connectivity index (χ4v) is 5.60. The van der Waals surface area contributed by atoms with Crippen molar-refractivity contribution in [3.63, 3.8) is 0 Å². The molecule has 1 aliphatic heterocycles. The van der Waals surface area contributed by atoms with Gasteiger partial charge in [-0.25, -0.2) is 14.2 Å². The Balaban J connectivity index is 0.00000198. The van der Waals surface area contributed by atoms with Gasteiger partial charge in [-0.1, -0.05) is 45.2 Å². The maximum Gasteiger partial charge on any atom is 0.331 e. The van der Waals surface area contributed by atoms with Gasteiger partial charge in [0.15, 0.2) is 0 Å². The Hall–Kier alpha value is -3.83. The summed E-state index contributed by atoms with van der Waals surface area (Å²) in [5.74, 6) is -2.33. The molecule has 10 nitrogen and oxygen atoms in total. The van der Waals surface area contributed by atoms with Crippen molar-refractivity contribution in [2.24, 2.45) is 0 Å². The van der Waals surface area contributed by atoms with Crippen LogP contribution in [0.3, 0.4) is 0 Å². The molecule has 11 heteroatoms. The van der Waals surface area contributed by atoms with Gasteiger partial charge in [-0.15, -0.1) is 0 Å². The molecule has 1 amide bonds. The number of methoxy groups -OCH3 is 1. The van der Waals surface area contributed by atoms with Crippen molar-refractivity contribution < 1.29 is 28.6 Å². The number of nitrogens with zero attached hydrogens (tertiary/aromatic N) is 3. The normalized spacial score (nSPS) is 16.8. The molecule has 1 aromatic carbocycles. The average molecular weight is 583 g/mol. The van der Waals surface area contributed by atoms with Crippen molar-refractivity contribution in [3.05, 3.63) is 58.3 Å². The highest BCUT2D eigenvalue weighted by atomic mass is 19.1. The maximum atomic E-state index is 13.8. The molecule has 0 radical (unpaired) electrons. The monoisotopic (exact) mass is 582 g/mol. The summed E-state index contributed by atoms with van der Waals surface area (Å²) in [6.07, 6.45) is 4.65. The van der Waals surface area contributed by atoms with Crippen LogP contribution in [0, 0.1) is 5.82 Å². The number of esters is 1. The summed E-state index contributed by atoms with van der Waals surface area (Å²) in [4.78, 5) is 46.9. The smallest absolute Gasteiger partial charge is 0.331 e. The Morgan fingerprint density at radius 1 is 1.07 bits per heavy atom. The van der Waals surface area contributed by atoms with E-state index < -0.39 is 40.1 Å². The molecule has 0 spiro atoms. The third-order valence-electron chi connectivity index (χ3n) is 7.86. The predicted octanol–water partition coefficient (Wildman–Crippen LogP) is 3.87. The van der Waals surface area contributed by atoms with Crippen LogP contribution in [0.2, 0.25) is 0 Å². The lowest BCUT2D eigenvalue weighted by Gasteiger charge is -2.35. The van der Waals surface area contributed by atoms with Crippen LogP contribution in [0.1, 0.15) is 56.3 Å². The highest BCUT2D eigenvalue weighted by Gasteiger charge is 2.43. The molecule has 0 atom stereocenters. The van der Waals surface area contributed by atoms with E-state index in [0.29, 0.717) is 69.7 Å². The average Bonchev–Trinajstić information content (AvgIpc) is 3.02. The number of aromatic nitrogens is 2. The minimum atomic E-state index is -1.27. The zero-order valence-electron chi connectivity index (χ0n) is 24.5. The van der Waals surface area contributed by atoms with Crippen LogP contribution >= 0.6 is 0 Å². The molecule has 1 saturated carbocycles. The largest absolute Gasteiger partial charge is 0.506 e. The minimum absolute atomic E-state index is 0.198. The van der Waals surface area contributed by atoms with Gasteiger partial charge >= 0.3 is 5.97 Å². The van der Waals surface area contributed by atoms with E-state index in [-0.39, 0.29) is 17.6 Å². The molecule has 1 saturated heterocycles.